The van der Waals surface area contributed by atoms with Crippen LogP contribution in [0.15, 0.2) is 18.2 Å². The summed E-state index contributed by atoms with van der Waals surface area (Å²) in [5.74, 6) is -0.843. The average molecular weight is 318 g/mol. The first-order chi connectivity index (χ1) is 9.43. The van der Waals surface area contributed by atoms with Crippen LogP contribution in [0.2, 0.25) is 10.0 Å². The molecule has 0 spiro atoms. The first-order valence-electron chi connectivity index (χ1n) is 6.43. The molecule has 1 aliphatic heterocycles. The van der Waals surface area contributed by atoms with Crippen molar-refractivity contribution in [2.45, 2.75) is 18.9 Å². The number of benzene rings is 1. The molecule has 0 amide bonds. The van der Waals surface area contributed by atoms with Gasteiger partial charge in [-0.05, 0) is 24.6 Å². The number of rotatable bonds is 4. The fourth-order valence-corrected chi connectivity index (χ4v) is 2.88. The van der Waals surface area contributed by atoms with Crippen molar-refractivity contribution in [2.24, 2.45) is 0 Å². The molecule has 1 atom stereocenters. The van der Waals surface area contributed by atoms with Crippen LogP contribution in [0, 0.1) is 0 Å². The van der Waals surface area contributed by atoms with Crippen molar-refractivity contribution < 1.29 is 14.6 Å². The maximum atomic E-state index is 11.3. The SMILES string of the molecule is CC(CC(=O)O)(c1ccc(Cl)c(Cl)c1)N1CCOCC1. The van der Waals surface area contributed by atoms with E-state index in [-0.39, 0.29) is 6.42 Å². The third kappa shape index (κ3) is 3.26. The molecular formula is C14H17Cl2NO3. The molecule has 6 heteroatoms. The Morgan fingerprint density at radius 3 is 2.55 bits per heavy atom. The van der Waals surface area contributed by atoms with E-state index in [1.54, 1.807) is 12.1 Å². The summed E-state index contributed by atoms with van der Waals surface area (Å²) in [5.41, 5.74) is 0.236. The first kappa shape index (κ1) is 15.6. The molecule has 0 radical (unpaired) electrons. The maximum absolute atomic E-state index is 11.3. The fraction of sp³-hybridized carbons (Fsp3) is 0.500. The summed E-state index contributed by atoms with van der Waals surface area (Å²) in [6.07, 6.45) is 0.00492. The van der Waals surface area contributed by atoms with Gasteiger partial charge in [0.25, 0.3) is 0 Å². The summed E-state index contributed by atoms with van der Waals surface area (Å²) in [4.78, 5) is 13.4. The molecule has 0 aliphatic carbocycles. The Bertz CT molecular complexity index is 503. The number of hydrogen-bond donors (Lipinski definition) is 1. The van der Waals surface area contributed by atoms with Gasteiger partial charge in [0.05, 0.1) is 35.2 Å². The van der Waals surface area contributed by atoms with Crippen LogP contribution in [0.25, 0.3) is 0 Å². The van der Waals surface area contributed by atoms with Crippen molar-refractivity contribution in [3.05, 3.63) is 33.8 Å². The number of carboxylic acid groups (broad SMARTS) is 1. The second-order valence-electron chi connectivity index (χ2n) is 5.07. The lowest BCUT2D eigenvalue weighted by Crippen LogP contribution is -2.50. The van der Waals surface area contributed by atoms with Crippen LogP contribution in [0.4, 0.5) is 0 Å². The minimum Gasteiger partial charge on any atom is -0.481 e. The summed E-state index contributed by atoms with van der Waals surface area (Å²) < 4.78 is 5.34. The van der Waals surface area contributed by atoms with Gasteiger partial charge in [0.1, 0.15) is 0 Å². The standard InChI is InChI=1S/C14H17Cl2NO3/c1-14(9-13(18)19,17-4-6-20-7-5-17)10-2-3-11(15)12(16)8-10/h2-3,8H,4-7,9H2,1H3,(H,18,19). The fourth-order valence-electron chi connectivity index (χ4n) is 2.58. The third-order valence-corrected chi connectivity index (χ3v) is 4.49. The molecule has 2 rings (SSSR count). The monoisotopic (exact) mass is 317 g/mol. The van der Waals surface area contributed by atoms with Crippen molar-refractivity contribution in [1.82, 2.24) is 4.90 Å². The number of halogens is 2. The predicted molar refractivity (Wildman–Crippen MR) is 78.5 cm³/mol. The zero-order valence-electron chi connectivity index (χ0n) is 11.2. The van der Waals surface area contributed by atoms with Crippen molar-refractivity contribution in [1.29, 1.82) is 0 Å². The van der Waals surface area contributed by atoms with Crippen LogP contribution in [-0.4, -0.2) is 42.3 Å². The lowest BCUT2D eigenvalue weighted by Gasteiger charge is -2.43. The van der Waals surface area contributed by atoms with Gasteiger partial charge in [0, 0.05) is 13.1 Å². The summed E-state index contributed by atoms with van der Waals surface area (Å²) >= 11 is 12.0. The van der Waals surface area contributed by atoms with E-state index in [1.807, 2.05) is 13.0 Å². The number of aliphatic carboxylic acids is 1. The van der Waals surface area contributed by atoms with Gasteiger partial charge in [-0.25, -0.2) is 0 Å². The number of morpholine rings is 1. The minimum absolute atomic E-state index is 0.00492. The average Bonchev–Trinajstić information content (AvgIpc) is 2.42. The quantitative estimate of drug-likeness (QED) is 0.927. The molecular weight excluding hydrogens is 301 g/mol. The van der Waals surface area contributed by atoms with E-state index in [2.05, 4.69) is 4.90 Å². The Morgan fingerprint density at radius 1 is 1.35 bits per heavy atom. The van der Waals surface area contributed by atoms with E-state index in [9.17, 15) is 9.90 Å². The van der Waals surface area contributed by atoms with E-state index in [4.69, 9.17) is 27.9 Å². The molecule has 1 aromatic carbocycles. The van der Waals surface area contributed by atoms with E-state index in [0.29, 0.717) is 36.3 Å². The summed E-state index contributed by atoms with van der Waals surface area (Å²) in [7, 11) is 0. The van der Waals surface area contributed by atoms with E-state index < -0.39 is 11.5 Å². The van der Waals surface area contributed by atoms with Crippen LogP contribution in [0.5, 0.6) is 0 Å². The summed E-state index contributed by atoms with van der Waals surface area (Å²) in [6, 6.07) is 5.30. The smallest absolute Gasteiger partial charge is 0.305 e. The van der Waals surface area contributed by atoms with Gasteiger partial charge in [0.15, 0.2) is 0 Å². The van der Waals surface area contributed by atoms with Crippen LogP contribution >= 0.6 is 23.2 Å². The van der Waals surface area contributed by atoms with Crippen molar-refractivity contribution >= 4 is 29.2 Å². The lowest BCUT2D eigenvalue weighted by atomic mass is 9.86. The highest BCUT2D eigenvalue weighted by molar-refractivity contribution is 6.42. The van der Waals surface area contributed by atoms with Gasteiger partial charge in [-0.15, -0.1) is 0 Å². The Kier molecular flexibility index (Phi) is 4.91. The van der Waals surface area contributed by atoms with Crippen LogP contribution in [0.3, 0.4) is 0 Å². The Hall–Kier alpha value is -0.810. The van der Waals surface area contributed by atoms with Gasteiger partial charge in [0.2, 0.25) is 0 Å². The largest absolute Gasteiger partial charge is 0.481 e. The molecule has 4 nitrogen and oxygen atoms in total. The topological polar surface area (TPSA) is 49.8 Å². The molecule has 0 bridgehead atoms. The van der Waals surface area contributed by atoms with Crippen molar-refractivity contribution in [3.8, 4) is 0 Å². The third-order valence-electron chi connectivity index (χ3n) is 3.75. The van der Waals surface area contributed by atoms with Gasteiger partial charge < -0.3 is 9.84 Å². The van der Waals surface area contributed by atoms with Crippen molar-refractivity contribution in [2.75, 3.05) is 26.3 Å². The highest BCUT2D eigenvalue weighted by Crippen LogP contribution is 2.35. The molecule has 1 aliphatic rings. The van der Waals surface area contributed by atoms with E-state index in [1.165, 1.54) is 0 Å². The van der Waals surface area contributed by atoms with Crippen LogP contribution < -0.4 is 0 Å². The number of carboxylic acids is 1. The Morgan fingerprint density at radius 2 is 2.00 bits per heavy atom. The van der Waals surface area contributed by atoms with Crippen LogP contribution in [0.1, 0.15) is 18.9 Å². The zero-order valence-corrected chi connectivity index (χ0v) is 12.7. The molecule has 0 aromatic heterocycles. The van der Waals surface area contributed by atoms with E-state index in [0.717, 1.165) is 5.56 Å². The van der Waals surface area contributed by atoms with Crippen LogP contribution in [-0.2, 0) is 15.1 Å². The Balaban J connectivity index is 2.38. The molecule has 1 heterocycles. The zero-order chi connectivity index (χ0) is 14.8. The molecule has 20 heavy (non-hydrogen) atoms. The second kappa shape index (κ2) is 6.31. The van der Waals surface area contributed by atoms with Gasteiger partial charge in [-0.3, -0.25) is 9.69 Å². The minimum atomic E-state index is -0.843. The maximum Gasteiger partial charge on any atom is 0.305 e. The molecule has 1 fully saturated rings. The molecule has 1 unspecified atom stereocenters. The number of ether oxygens (including phenoxy) is 1. The number of carbonyl (C=O) groups is 1. The van der Waals surface area contributed by atoms with E-state index >= 15 is 0 Å². The second-order valence-corrected chi connectivity index (χ2v) is 5.89. The molecule has 1 aromatic rings. The highest BCUT2D eigenvalue weighted by Gasteiger charge is 2.37. The lowest BCUT2D eigenvalue weighted by molar-refractivity contribution is -0.141. The number of hydrogen-bond acceptors (Lipinski definition) is 3. The number of nitrogens with zero attached hydrogens (tertiary/aromatic N) is 1. The van der Waals surface area contributed by atoms with Gasteiger partial charge >= 0.3 is 5.97 Å². The molecule has 1 saturated heterocycles. The molecule has 1 N–H and O–H groups in total. The Labute approximate surface area is 128 Å². The molecule has 110 valence electrons. The summed E-state index contributed by atoms with van der Waals surface area (Å²) in [6.45, 7) is 4.53. The molecule has 0 saturated carbocycles. The highest BCUT2D eigenvalue weighted by atomic mass is 35.5. The normalized spacial score (nSPS) is 19.6. The first-order valence-corrected chi connectivity index (χ1v) is 7.19. The predicted octanol–water partition coefficient (Wildman–Crippen LogP) is 3.02. The van der Waals surface area contributed by atoms with Crippen molar-refractivity contribution in [3.63, 3.8) is 0 Å². The summed E-state index contributed by atoms with van der Waals surface area (Å²) in [5, 5.41) is 10.2. The van der Waals surface area contributed by atoms with Gasteiger partial charge in [-0.1, -0.05) is 29.3 Å². The van der Waals surface area contributed by atoms with Gasteiger partial charge in [-0.2, -0.15) is 0 Å².